The molecule has 1 saturated carbocycles. The summed E-state index contributed by atoms with van der Waals surface area (Å²) < 4.78 is 26.3. The number of nitrogens with zero attached hydrogens (tertiary/aromatic N) is 2. The van der Waals surface area contributed by atoms with E-state index in [0.29, 0.717) is 30.8 Å². The van der Waals surface area contributed by atoms with Crippen molar-refractivity contribution >= 4 is 23.0 Å². The molecule has 1 aliphatic rings. The maximum absolute atomic E-state index is 13.2. The molecule has 24 heavy (non-hydrogen) atoms. The van der Waals surface area contributed by atoms with E-state index in [4.69, 9.17) is 0 Å². The Morgan fingerprint density at radius 2 is 2.04 bits per heavy atom. The Morgan fingerprint density at radius 3 is 2.58 bits per heavy atom. The Labute approximate surface area is 139 Å². The molecule has 0 aliphatic heterocycles. The van der Waals surface area contributed by atoms with Crippen LogP contribution in [0.1, 0.15) is 32.6 Å². The SMILES string of the molecule is CC(=O)N(C)c1ccc(NCC2CCC(F)(F)CC2)c([N+](=O)[O-])c1. The number of nitro benzene ring substituents is 1. The fraction of sp³-hybridized carbons (Fsp3) is 0.562. The molecule has 132 valence electrons. The van der Waals surface area contributed by atoms with Gasteiger partial charge in [-0.3, -0.25) is 14.9 Å². The van der Waals surface area contributed by atoms with Gasteiger partial charge in [-0.15, -0.1) is 0 Å². The summed E-state index contributed by atoms with van der Waals surface area (Å²) >= 11 is 0. The van der Waals surface area contributed by atoms with Gasteiger partial charge >= 0.3 is 0 Å². The molecular formula is C16H21F2N3O3. The quantitative estimate of drug-likeness (QED) is 0.652. The third-order valence-corrected chi connectivity index (χ3v) is 4.46. The number of nitro groups is 1. The lowest BCUT2D eigenvalue weighted by Crippen LogP contribution is -2.28. The van der Waals surface area contributed by atoms with Crippen molar-refractivity contribution in [3.8, 4) is 0 Å². The average molecular weight is 341 g/mol. The van der Waals surface area contributed by atoms with Gasteiger partial charge in [0.05, 0.1) is 10.6 Å². The fourth-order valence-electron chi connectivity index (χ4n) is 2.77. The molecule has 2 rings (SSSR count). The van der Waals surface area contributed by atoms with Gasteiger partial charge in [0, 0.05) is 39.4 Å². The first kappa shape index (κ1) is 18.1. The smallest absolute Gasteiger partial charge is 0.294 e. The molecule has 1 aromatic rings. The number of alkyl halides is 2. The molecule has 0 bridgehead atoms. The van der Waals surface area contributed by atoms with Crippen molar-refractivity contribution < 1.29 is 18.5 Å². The molecule has 1 fully saturated rings. The number of rotatable bonds is 5. The van der Waals surface area contributed by atoms with Crippen molar-refractivity contribution in [2.24, 2.45) is 5.92 Å². The number of nitrogens with one attached hydrogen (secondary N) is 1. The summed E-state index contributed by atoms with van der Waals surface area (Å²) in [6.45, 7) is 1.79. The number of carbonyl (C=O) groups is 1. The van der Waals surface area contributed by atoms with Gasteiger partial charge in [0.15, 0.2) is 0 Å². The molecule has 0 radical (unpaired) electrons. The number of amides is 1. The summed E-state index contributed by atoms with van der Waals surface area (Å²) in [6.07, 6.45) is 0.533. The lowest BCUT2D eigenvalue weighted by Gasteiger charge is -2.28. The number of halogens is 2. The standard InChI is InChI=1S/C16H21F2N3O3/c1-11(22)20(2)13-3-4-14(15(9-13)21(23)24)19-10-12-5-7-16(17,18)8-6-12/h3-4,9,12,19H,5-8,10H2,1-2H3. The average Bonchev–Trinajstić information content (AvgIpc) is 2.52. The van der Waals surface area contributed by atoms with Crippen molar-refractivity contribution in [2.45, 2.75) is 38.5 Å². The van der Waals surface area contributed by atoms with Crippen molar-refractivity contribution in [3.63, 3.8) is 0 Å². The van der Waals surface area contributed by atoms with Crippen molar-refractivity contribution in [1.29, 1.82) is 0 Å². The monoisotopic (exact) mass is 341 g/mol. The second-order valence-corrected chi connectivity index (χ2v) is 6.22. The molecule has 1 aliphatic carbocycles. The molecule has 0 heterocycles. The molecule has 6 nitrogen and oxygen atoms in total. The number of anilines is 2. The van der Waals surface area contributed by atoms with Crippen LogP contribution in [-0.2, 0) is 4.79 Å². The second kappa shape index (κ2) is 7.11. The van der Waals surface area contributed by atoms with Gasteiger partial charge in [-0.2, -0.15) is 0 Å². The van der Waals surface area contributed by atoms with E-state index >= 15 is 0 Å². The van der Waals surface area contributed by atoms with Crippen molar-refractivity contribution in [3.05, 3.63) is 28.3 Å². The molecule has 0 aromatic heterocycles. The summed E-state index contributed by atoms with van der Waals surface area (Å²) in [5, 5.41) is 14.3. The topological polar surface area (TPSA) is 75.5 Å². The normalized spacial score (nSPS) is 17.3. The van der Waals surface area contributed by atoms with Crippen LogP contribution in [0.5, 0.6) is 0 Å². The van der Waals surface area contributed by atoms with Gasteiger partial charge in [0.1, 0.15) is 5.69 Å². The molecular weight excluding hydrogens is 320 g/mol. The summed E-state index contributed by atoms with van der Waals surface area (Å²) in [5.41, 5.74) is 0.622. The Balaban J connectivity index is 2.07. The van der Waals surface area contributed by atoms with Crippen LogP contribution in [0.2, 0.25) is 0 Å². The van der Waals surface area contributed by atoms with Crippen LogP contribution in [0.4, 0.5) is 25.8 Å². The van der Waals surface area contributed by atoms with E-state index in [0.717, 1.165) is 0 Å². The Hall–Kier alpha value is -2.25. The minimum Gasteiger partial charge on any atom is -0.379 e. The molecule has 1 N–H and O–H groups in total. The van der Waals surface area contributed by atoms with Crippen molar-refractivity contribution in [1.82, 2.24) is 0 Å². The zero-order valence-corrected chi connectivity index (χ0v) is 13.7. The first-order valence-corrected chi connectivity index (χ1v) is 7.84. The first-order valence-electron chi connectivity index (χ1n) is 7.84. The van der Waals surface area contributed by atoms with Gasteiger partial charge in [0.25, 0.3) is 5.69 Å². The highest BCUT2D eigenvalue weighted by molar-refractivity contribution is 5.91. The van der Waals surface area contributed by atoms with E-state index < -0.39 is 10.8 Å². The molecule has 1 aromatic carbocycles. The van der Waals surface area contributed by atoms with Gasteiger partial charge in [-0.05, 0) is 30.9 Å². The predicted molar refractivity (Wildman–Crippen MR) is 87.6 cm³/mol. The highest BCUT2D eigenvalue weighted by Gasteiger charge is 2.34. The van der Waals surface area contributed by atoms with Crippen molar-refractivity contribution in [2.75, 3.05) is 23.8 Å². The minimum atomic E-state index is -2.58. The maximum atomic E-state index is 13.2. The Morgan fingerprint density at radius 1 is 1.42 bits per heavy atom. The number of carbonyl (C=O) groups excluding carboxylic acids is 1. The van der Waals surface area contributed by atoms with Gasteiger partial charge in [-0.25, -0.2) is 8.78 Å². The highest BCUT2D eigenvalue weighted by atomic mass is 19.3. The number of benzene rings is 1. The third-order valence-electron chi connectivity index (χ3n) is 4.46. The molecule has 0 atom stereocenters. The third kappa shape index (κ3) is 4.39. The maximum Gasteiger partial charge on any atom is 0.294 e. The zero-order valence-electron chi connectivity index (χ0n) is 13.7. The molecule has 0 unspecified atom stereocenters. The van der Waals surface area contributed by atoms with Gasteiger partial charge < -0.3 is 10.2 Å². The predicted octanol–water partition coefficient (Wildman–Crippen LogP) is 3.81. The van der Waals surface area contributed by atoms with Crippen LogP contribution in [-0.4, -0.2) is 30.3 Å². The summed E-state index contributed by atoms with van der Waals surface area (Å²) in [4.78, 5) is 23.4. The summed E-state index contributed by atoms with van der Waals surface area (Å²) in [5.74, 6) is -2.74. The summed E-state index contributed by atoms with van der Waals surface area (Å²) in [7, 11) is 1.54. The van der Waals surface area contributed by atoms with Gasteiger partial charge in [0.2, 0.25) is 11.8 Å². The second-order valence-electron chi connectivity index (χ2n) is 6.22. The highest BCUT2D eigenvalue weighted by Crippen LogP contribution is 2.37. The van der Waals surface area contributed by atoms with E-state index in [1.165, 1.54) is 24.9 Å². The van der Waals surface area contributed by atoms with E-state index in [1.807, 2.05) is 0 Å². The van der Waals surface area contributed by atoms with Crippen LogP contribution >= 0.6 is 0 Å². The molecule has 0 spiro atoms. The number of hydrogen-bond donors (Lipinski definition) is 1. The first-order chi connectivity index (χ1) is 11.2. The van der Waals surface area contributed by atoms with Crippen LogP contribution in [0, 0.1) is 16.0 Å². The van der Waals surface area contributed by atoms with Crippen LogP contribution in [0.25, 0.3) is 0 Å². The lowest BCUT2D eigenvalue weighted by atomic mass is 9.87. The lowest BCUT2D eigenvalue weighted by molar-refractivity contribution is -0.383. The van der Waals surface area contributed by atoms with E-state index in [2.05, 4.69) is 5.32 Å². The summed E-state index contributed by atoms with van der Waals surface area (Å²) in [6, 6.07) is 4.49. The number of hydrogen-bond acceptors (Lipinski definition) is 4. The molecule has 8 heteroatoms. The van der Waals surface area contributed by atoms with E-state index in [1.54, 1.807) is 12.1 Å². The van der Waals surface area contributed by atoms with Crippen LogP contribution < -0.4 is 10.2 Å². The Kier molecular flexibility index (Phi) is 5.36. The van der Waals surface area contributed by atoms with Crippen LogP contribution in [0.3, 0.4) is 0 Å². The van der Waals surface area contributed by atoms with E-state index in [9.17, 15) is 23.7 Å². The van der Waals surface area contributed by atoms with Gasteiger partial charge in [-0.1, -0.05) is 0 Å². The van der Waals surface area contributed by atoms with E-state index in [-0.39, 0.29) is 30.4 Å². The minimum absolute atomic E-state index is 0.0730. The largest absolute Gasteiger partial charge is 0.379 e. The fourth-order valence-corrected chi connectivity index (χ4v) is 2.77. The Bertz CT molecular complexity index is 627. The zero-order chi connectivity index (χ0) is 17.9. The van der Waals surface area contributed by atoms with Crippen LogP contribution in [0.15, 0.2) is 18.2 Å². The molecule has 0 saturated heterocycles. The molecule has 1 amide bonds.